The van der Waals surface area contributed by atoms with Gasteiger partial charge in [-0.05, 0) is 75.2 Å². The molecule has 0 aromatic rings. The van der Waals surface area contributed by atoms with Gasteiger partial charge in [0.05, 0.1) is 5.60 Å². The van der Waals surface area contributed by atoms with Crippen molar-refractivity contribution in [1.29, 1.82) is 5.26 Å². The van der Waals surface area contributed by atoms with Gasteiger partial charge in [-0.25, -0.2) is 0 Å². The van der Waals surface area contributed by atoms with Gasteiger partial charge in [0.2, 0.25) is 0 Å². The first-order chi connectivity index (χ1) is 13.6. The van der Waals surface area contributed by atoms with Gasteiger partial charge in [-0.15, -0.1) is 0 Å². The van der Waals surface area contributed by atoms with Crippen molar-refractivity contribution >= 4 is 0 Å². The molecule has 158 valence electrons. The Morgan fingerprint density at radius 2 is 1.79 bits per heavy atom. The fraction of sp³-hybridized carbons (Fsp3) is 0.800. The highest BCUT2D eigenvalue weighted by molar-refractivity contribution is 5.18. The van der Waals surface area contributed by atoms with Gasteiger partial charge in [0.25, 0.3) is 0 Å². The van der Waals surface area contributed by atoms with E-state index in [-0.39, 0.29) is 5.60 Å². The monoisotopic (exact) mass is 389 g/mol. The lowest BCUT2D eigenvalue weighted by molar-refractivity contribution is -0.0618. The van der Waals surface area contributed by atoms with Crippen molar-refractivity contribution in [1.82, 2.24) is 0 Å². The summed E-state index contributed by atoms with van der Waals surface area (Å²) in [7, 11) is 1.85. The van der Waals surface area contributed by atoms with E-state index in [1.165, 1.54) is 76.4 Å². The maximum absolute atomic E-state index is 12.8. The summed E-state index contributed by atoms with van der Waals surface area (Å²) in [5, 5.41) is 8.42. The fourth-order valence-electron chi connectivity index (χ4n) is 5.46. The van der Waals surface area contributed by atoms with Crippen LogP contribution in [0, 0.1) is 29.1 Å². The van der Waals surface area contributed by atoms with E-state index in [1.54, 1.807) is 6.08 Å². The summed E-state index contributed by atoms with van der Waals surface area (Å²) in [5.74, 6) is 2.09. The van der Waals surface area contributed by atoms with Crippen LogP contribution in [0.25, 0.3) is 0 Å². The zero-order valence-electron chi connectivity index (χ0n) is 18.1. The lowest BCUT2D eigenvalue weighted by Gasteiger charge is -2.43. The summed E-state index contributed by atoms with van der Waals surface area (Å²) in [6.07, 6.45) is 23.0. The summed E-state index contributed by atoms with van der Waals surface area (Å²) in [4.78, 5) is 0. The molecule has 0 N–H and O–H groups in total. The predicted octanol–water partition coefficient (Wildman–Crippen LogP) is 7.66. The minimum Gasteiger partial charge on any atom is -0.378 e. The second-order valence-corrected chi connectivity index (χ2v) is 9.09. The first-order valence-corrected chi connectivity index (χ1v) is 11.6. The molecule has 0 saturated heterocycles. The van der Waals surface area contributed by atoms with Gasteiger partial charge in [0, 0.05) is 7.11 Å². The van der Waals surface area contributed by atoms with Gasteiger partial charge in [0.15, 0.2) is 5.83 Å². The number of halogens is 1. The molecule has 0 heterocycles. The fourth-order valence-corrected chi connectivity index (χ4v) is 5.46. The van der Waals surface area contributed by atoms with Crippen LogP contribution in [0.3, 0.4) is 0 Å². The standard InChI is InChI=1S/C25H40FNO/c1-3-4-6-9-21-11-13-22(14-12-21)23-15-18-25(28-2,19-16-23)17-8-5-7-10-24(26)20-27/h5,7,10,21-23H,3-4,6,8-9,11-19H2,1-2H3/t21-,22-,23-,25+. The summed E-state index contributed by atoms with van der Waals surface area (Å²) in [6.45, 7) is 2.29. The van der Waals surface area contributed by atoms with Crippen LogP contribution in [-0.4, -0.2) is 12.7 Å². The molecule has 0 amide bonds. The van der Waals surface area contributed by atoms with Crippen molar-refractivity contribution in [3.8, 4) is 6.07 Å². The van der Waals surface area contributed by atoms with E-state index in [0.717, 1.165) is 43.4 Å². The van der Waals surface area contributed by atoms with E-state index < -0.39 is 5.83 Å². The molecular weight excluding hydrogens is 349 g/mol. The smallest absolute Gasteiger partial charge is 0.199 e. The van der Waals surface area contributed by atoms with Crippen LogP contribution in [-0.2, 0) is 4.74 Å². The molecule has 2 aliphatic carbocycles. The number of rotatable bonds is 10. The maximum Gasteiger partial charge on any atom is 0.199 e. The summed E-state index contributed by atoms with van der Waals surface area (Å²) in [6, 6.07) is 1.49. The SMILES string of the molecule is CCCCC[C@H]1CC[C@H]([C@H]2CC[C@@](CCC=CC=C(F)C#N)(OC)CC2)CC1. The van der Waals surface area contributed by atoms with Crippen molar-refractivity contribution < 1.29 is 9.13 Å². The number of methoxy groups -OCH3 is 1. The minimum absolute atomic E-state index is 0.00428. The van der Waals surface area contributed by atoms with Crippen molar-refractivity contribution in [3.05, 3.63) is 24.1 Å². The molecule has 2 fully saturated rings. The highest BCUT2D eigenvalue weighted by atomic mass is 19.1. The van der Waals surface area contributed by atoms with E-state index in [9.17, 15) is 4.39 Å². The zero-order chi connectivity index (χ0) is 20.2. The second kappa shape index (κ2) is 12.4. The molecule has 2 nitrogen and oxygen atoms in total. The zero-order valence-corrected chi connectivity index (χ0v) is 18.1. The number of hydrogen-bond donors (Lipinski definition) is 0. The Labute approximate surface area is 172 Å². The molecule has 0 radical (unpaired) electrons. The molecule has 3 heteroatoms. The highest BCUT2D eigenvalue weighted by Gasteiger charge is 2.38. The molecule has 2 rings (SSSR count). The highest BCUT2D eigenvalue weighted by Crippen LogP contribution is 2.45. The van der Waals surface area contributed by atoms with Gasteiger partial charge in [-0.2, -0.15) is 9.65 Å². The lowest BCUT2D eigenvalue weighted by atomic mass is 9.67. The van der Waals surface area contributed by atoms with Crippen LogP contribution >= 0.6 is 0 Å². The summed E-state index contributed by atoms with van der Waals surface area (Å²) >= 11 is 0. The number of ether oxygens (including phenoxy) is 1. The van der Waals surface area contributed by atoms with Crippen LogP contribution in [0.4, 0.5) is 4.39 Å². The van der Waals surface area contributed by atoms with Crippen molar-refractivity contribution in [2.75, 3.05) is 7.11 Å². The van der Waals surface area contributed by atoms with Crippen LogP contribution < -0.4 is 0 Å². The summed E-state index contributed by atoms with van der Waals surface area (Å²) < 4.78 is 18.8. The van der Waals surface area contributed by atoms with Crippen LogP contribution in [0.1, 0.15) is 96.8 Å². The third-order valence-electron chi connectivity index (χ3n) is 7.40. The Bertz CT molecular complexity index is 531. The van der Waals surface area contributed by atoms with Crippen LogP contribution in [0.2, 0.25) is 0 Å². The molecule has 2 aliphatic rings. The van der Waals surface area contributed by atoms with Gasteiger partial charge in [-0.3, -0.25) is 0 Å². The number of unbranched alkanes of at least 4 members (excludes halogenated alkanes) is 2. The van der Waals surface area contributed by atoms with Crippen LogP contribution in [0.15, 0.2) is 24.1 Å². The number of allylic oxidation sites excluding steroid dienone is 4. The third kappa shape index (κ3) is 7.36. The molecule has 0 unspecified atom stereocenters. The largest absolute Gasteiger partial charge is 0.378 e. The molecule has 0 aromatic heterocycles. The van der Waals surface area contributed by atoms with Gasteiger partial charge in [-0.1, -0.05) is 57.6 Å². The molecule has 0 spiro atoms. The van der Waals surface area contributed by atoms with Gasteiger partial charge >= 0.3 is 0 Å². The molecular formula is C25H40FNO. The van der Waals surface area contributed by atoms with E-state index in [4.69, 9.17) is 10.00 Å². The molecule has 0 aliphatic heterocycles. The second-order valence-electron chi connectivity index (χ2n) is 9.09. The van der Waals surface area contributed by atoms with Gasteiger partial charge in [0.1, 0.15) is 6.07 Å². The normalized spacial score (nSPS) is 31.8. The van der Waals surface area contributed by atoms with E-state index >= 15 is 0 Å². The Kier molecular flexibility index (Phi) is 10.3. The quantitative estimate of drug-likeness (QED) is 0.218. The molecule has 0 atom stereocenters. The Balaban J connectivity index is 1.71. The minimum atomic E-state index is -0.738. The van der Waals surface area contributed by atoms with E-state index in [0.29, 0.717) is 0 Å². The lowest BCUT2D eigenvalue weighted by Crippen LogP contribution is -2.38. The van der Waals surface area contributed by atoms with Crippen molar-refractivity contribution in [2.45, 2.75) is 102 Å². The Hall–Kier alpha value is -1.14. The van der Waals surface area contributed by atoms with Gasteiger partial charge < -0.3 is 4.74 Å². The maximum atomic E-state index is 12.8. The summed E-state index contributed by atoms with van der Waals surface area (Å²) in [5.41, 5.74) is -0.00428. The topological polar surface area (TPSA) is 33.0 Å². The molecule has 0 bridgehead atoms. The third-order valence-corrected chi connectivity index (χ3v) is 7.40. The molecule has 2 saturated carbocycles. The first kappa shape index (κ1) is 23.1. The average Bonchev–Trinajstić information content (AvgIpc) is 2.74. The van der Waals surface area contributed by atoms with Crippen molar-refractivity contribution in [3.63, 3.8) is 0 Å². The van der Waals surface area contributed by atoms with E-state index in [1.807, 2.05) is 13.2 Å². The van der Waals surface area contributed by atoms with Crippen molar-refractivity contribution in [2.24, 2.45) is 17.8 Å². The molecule has 28 heavy (non-hydrogen) atoms. The number of nitriles is 1. The first-order valence-electron chi connectivity index (χ1n) is 11.6. The van der Waals surface area contributed by atoms with E-state index in [2.05, 4.69) is 6.92 Å². The average molecular weight is 390 g/mol. The number of nitrogens with zero attached hydrogens (tertiary/aromatic N) is 1. The number of hydrogen-bond acceptors (Lipinski definition) is 2. The Morgan fingerprint density at radius 1 is 1.11 bits per heavy atom. The Morgan fingerprint density at radius 3 is 2.39 bits per heavy atom. The van der Waals surface area contributed by atoms with Crippen LogP contribution in [0.5, 0.6) is 0 Å². The predicted molar refractivity (Wildman–Crippen MR) is 114 cm³/mol. The molecule has 0 aromatic carbocycles.